The standard InChI is InChI=1S/C17H16FN3O3/c18-12-2-1-3-14(10-12)21-9-8-15(17(21)23)19-13-6-4-11(5-7-13)16(22)20-24/h1-7,10,15,19,24H,8-9H2,(H,20,22). The van der Waals surface area contributed by atoms with Crippen LogP contribution < -0.4 is 15.7 Å². The Balaban J connectivity index is 1.68. The summed E-state index contributed by atoms with van der Waals surface area (Å²) in [6.45, 7) is 0.505. The Labute approximate surface area is 137 Å². The zero-order valence-corrected chi connectivity index (χ0v) is 12.7. The summed E-state index contributed by atoms with van der Waals surface area (Å²) in [6, 6.07) is 11.9. The minimum absolute atomic E-state index is 0.127. The van der Waals surface area contributed by atoms with Gasteiger partial charge in [0.2, 0.25) is 5.91 Å². The summed E-state index contributed by atoms with van der Waals surface area (Å²) in [4.78, 5) is 25.3. The van der Waals surface area contributed by atoms with Crippen molar-refractivity contribution in [2.45, 2.75) is 12.5 Å². The van der Waals surface area contributed by atoms with Crippen molar-refractivity contribution in [1.82, 2.24) is 5.48 Å². The van der Waals surface area contributed by atoms with Crippen LogP contribution in [0, 0.1) is 5.82 Å². The predicted molar refractivity (Wildman–Crippen MR) is 86.5 cm³/mol. The molecule has 0 aliphatic carbocycles. The summed E-state index contributed by atoms with van der Waals surface area (Å²) in [7, 11) is 0. The van der Waals surface area contributed by atoms with Crippen LogP contribution in [0.2, 0.25) is 0 Å². The van der Waals surface area contributed by atoms with Crippen molar-refractivity contribution >= 4 is 23.2 Å². The number of halogens is 1. The number of carbonyl (C=O) groups excluding carboxylic acids is 2. The van der Waals surface area contributed by atoms with E-state index in [9.17, 15) is 14.0 Å². The molecule has 0 aromatic heterocycles. The second-order valence-electron chi connectivity index (χ2n) is 5.47. The van der Waals surface area contributed by atoms with E-state index in [2.05, 4.69) is 5.32 Å². The van der Waals surface area contributed by atoms with Crippen LogP contribution in [0.25, 0.3) is 0 Å². The molecule has 3 N–H and O–H groups in total. The van der Waals surface area contributed by atoms with Gasteiger partial charge in [0.05, 0.1) is 0 Å². The highest BCUT2D eigenvalue weighted by atomic mass is 19.1. The third kappa shape index (κ3) is 3.21. The molecule has 2 amide bonds. The molecular formula is C17H16FN3O3. The first-order chi connectivity index (χ1) is 11.6. The van der Waals surface area contributed by atoms with E-state index in [0.717, 1.165) is 0 Å². The van der Waals surface area contributed by atoms with Gasteiger partial charge >= 0.3 is 0 Å². The molecule has 1 heterocycles. The number of nitrogens with one attached hydrogen (secondary N) is 2. The van der Waals surface area contributed by atoms with Crippen LogP contribution in [0.1, 0.15) is 16.8 Å². The van der Waals surface area contributed by atoms with Crippen molar-refractivity contribution in [2.75, 3.05) is 16.8 Å². The molecule has 7 heteroatoms. The largest absolute Gasteiger partial charge is 0.374 e. The number of nitrogens with zero attached hydrogens (tertiary/aromatic N) is 1. The van der Waals surface area contributed by atoms with Gasteiger partial charge in [-0.2, -0.15) is 0 Å². The lowest BCUT2D eigenvalue weighted by atomic mass is 10.1. The summed E-state index contributed by atoms with van der Waals surface area (Å²) in [6.07, 6.45) is 0.591. The number of anilines is 2. The molecule has 1 aliphatic rings. The number of benzene rings is 2. The molecular weight excluding hydrogens is 313 g/mol. The molecule has 1 unspecified atom stereocenters. The Morgan fingerprint density at radius 1 is 1.21 bits per heavy atom. The van der Waals surface area contributed by atoms with Crippen LogP contribution in [-0.4, -0.2) is 29.6 Å². The Kier molecular flexibility index (Phi) is 4.43. The van der Waals surface area contributed by atoms with Crippen LogP contribution >= 0.6 is 0 Å². The first-order valence-electron chi connectivity index (χ1n) is 7.46. The van der Waals surface area contributed by atoms with E-state index < -0.39 is 11.9 Å². The minimum Gasteiger partial charge on any atom is -0.374 e. The molecule has 0 saturated carbocycles. The molecule has 124 valence electrons. The fraction of sp³-hybridized carbons (Fsp3) is 0.176. The zero-order chi connectivity index (χ0) is 17.1. The lowest BCUT2D eigenvalue weighted by molar-refractivity contribution is -0.117. The average molecular weight is 329 g/mol. The third-order valence-corrected chi connectivity index (χ3v) is 3.91. The Morgan fingerprint density at radius 3 is 2.62 bits per heavy atom. The first kappa shape index (κ1) is 15.9. The van der Waals surface area contributed by atoms with Gasteiger partial charge < -0.3 is 10.2 Å². The topological polar surface area (TPSA) is 81.7 Å². The first-order valence-corrected chi connectivity index (χ1v) is 7.46. The Hall–Kier alpha value is -2.93. The highest BCUT2D eigenvalue weighted by molar-refractivity contribution is 6.01. The monoisotopic (exact) mass is 329 g/mol. The summed E-state index contributed by atoms with van der Waals surface area (Å²) in [5, 5.41) is 11.7. The second-order valence-corrected chi connectivity index (χ2v) is 5.47. The summed E-state index contributed by atoms with van der Waals surface area (Å²) < 4.78 is 13.3. The fourth-order valence-electron chi connectivity index (χ4n) is 2.70. The second kappa shape index (κ2) is 6.67. The molecule has 6 nitrogen and oxygen atoms in total. The van der Waals surface area contributed by atoms with Gasteiger partial charge in [-0.25, -0.2) is 9.87 Å². The van der Waals surface area contributed by atoms with E-state index >= 15 is 0 Å². The van der Waals surface area contributed by atoms with Crippen molar-refractivity contribution in [3.05, 3.63) is 59.9 Å². The van der Waals surface area contributed by atoms with Gasteiger partial charge in [0, 0.05) is 23.5 Å². The van der Waals surface area contributed by atoms with E-state index in [4.69, 9.17) is 5.21 Å². The fourth-order valence-corrected chi connectivity index (χ4v) is 2.70. The zero-order valence-electron chi connectivity index (χ0n) is 12.7. The Bertz CT molecular complexity index is 764. The van der Waals surface area contributed by atoms with Crippen LogP contribution in [-0.2, 0) is 4.79 Å². The molecule has 1 saturated heterocycles. The van der Waals surface area contributed by atoms with Crippen LogP contribution in [0.5, 0.6) is 0 Å². The van der Waals surface area contributed by atoms with Crippen LogP contribution in [0.15, 0.2) is 48.5 Å². The van der Waals surface area contributed by atoms with Gasteiger partial charge in [0.15, 0.2) is 0 Å². The van der Waals surface area contributed by atoms with Gasteiger partial charge in [0.25, 0.3) is 5.91 Å². The van der Waals surface area contributed by atoms with Crippen LogP contribution in [0.4, 0.5) is 15.8 Å². The highest BCUT2D eigenvalue weighted by Crippen LogP contribution is 2.24. The molecule has 0 radical (unpaired) electrons. The molecule has 0 spiro atoms. The van der Waals surface area contributed by atoms with Crippen LogP contribution in [0.3, 0.4) is 0 Å². The van der Waals surface area contributed by atoms with Gasteiger partial charge in [-0.15, -0.1) is 0 Å². The van der Waals surface area contributed by atoms with Crippen molar-refractivity contribution in [3.8, 4) is 0 Å². The molecule has 1 fully saturated rings. The molecule has 1 aliphatic heterocycles. The number of rotatable bonds is 4. The van der Waals surface area contributed by atoms with Gasteiger partial charge in [-0.05, 0) is 48.9 Å². The van der Waals surface area contributed by atoms with E-state index in [1.54, 1.807) is 34.6 Å². The molecule has 3 rings (SSSR count). The maximum atomic E-state index is 13.3. The van der Waals surface area contributed by atoms with Crippen molar-refractivity contribution in [1.29, 1.82) is 0 Å². The number of carbonyl (C=O) groups is 2. The molecule has 2 aromatic rings. The number of hydrogen-bond acceptors (Lipinski definition) is 4. The quantitative estimate of drug-likeness (QED) is 0.593. The summed E-state index contributed by atoms with van der Waals surface area (Å²) in [5.41, 5.74) is 3.09. The maximum Gasteiger partial charge on any atom is 0.274 e. The van der Waals surface area contributed by atoms with E-state index in [1.807, 2.05) is 0 Å². The van der Waals surface area contributed by atoms with Crippen molar-refractivity contribution in [3.63, 3.8) is 0 Å². The molecule has 24 heavy (non-hydrogen) atoms. The van der Waals surface area contributed by atoms with Gasteiger partial charge in [0.1, 0.15) is 11.9 Å². The molecule has 2 aromatic carbocycles. The predicted octanol–water partition coefficient (Wildman–Crippen LogP) is 2.16. The Morgan fingerprint density at radius 2 is 1.96 bits per heavy atom. The number of hydroxylamine groups is 1. The number of amides is 2. The normalized spacial score (nSPS) is 17.0. The van der Waals surface area contributed by atoms with E-state index in [0.29, 0.717) is 29.9 Å². The van der Waals surface area contributed by atoms with Gasteiger partial charge in [-0.3, -0.25) is 14.8 Å². The summed E-state index contributed by atoms with van der Waals surface area (Å²) >= 11 is 0. The maximum absolute atomic E-state index is 13.3. The van der Waals surface area contributed by atoms with Gasteiger partial charge in [-0.1, -0.05) is 6.07 Å². The summed E-state index contributed by atoms with van der Waals surface area (Å²) in [5.74, 6) is -1.11. The van der Waals surface area contributed by atoms with Crippen molar-refractivity contribution < 1.29 is 19.2 Å². The molecule has 1 atom stereocenters. The smallest absolute Gasteiger partial charge is 0.274 e. The van der Waals surface area contributed by atoms with Crippen molar-refractivity contribution in [2.24, 2.45) is 0 Å². The lowest BCUT2D eigenvalue weighted by Gasteiger charge is -2.18. The number of hydrogen-bond donors (Lipinski definition) is 3. The SMILES string of the molecule is O=C(NO)c1ccc(NC2CCN(c3cccc(F)c3)C2=O)cc1. The average Bonchev–Trinajstić information content (AvgIpc) is 2.95. The highest BCUT2D eigenvalue weighted by Gasteiger charge is 2.32. The van der Waals surface area contributed by atoms with E-state index in [1.165, 1.54) is 24.3 Å². The lowest BCUT2D eigenvalue weighted by Crippen LogP contribution is -2.33. The minimum atomic E-state index is -0.601. The van der Waals surface area contributed by atoms with E-state index in [-0.39, 0.29) is 11.7 Å². The third-order valence-electron chi connectivity index (χ3n) is 3.91. The molecule has 0 bridgehead atoms.